The Hall–Kier alpha value is -0.210. The number of hydrogen-bond donors (Lipinski definition) is 1. The first-order valence-electron chi connectivity index (χ1n) is 6.59. The predicted molar refractivity (Wildman–Crippen MR) is 81.8 cm³/mol. The maximum Gasteiger partial charge on any atom is 0.254 e. The van der Waals surface area contributed by atoms with Gasteiger partial charge < -0.3 is 5.73 Å². The van der Waals surface area contributed by atoms with Crippen LogP contribution in [-0.4, -0.2) is 36.8 Å². The topological polar surface area (TPSA) is 76.3 Å². The molecule has 2 heterocycles. The van der Waals surface area contributed by atoms with Gasteiger partial charge in [0.15, 0.2) is 4.21 Å². The maximum absolute atomic E-state index is 12.7. The number of aromatic nitrogens is 1. The van der Waals surface area contributed by atoms with Crippen LogP contribution in [0.3, 0.4) is 0 Å². The lowest BCUT2D eigenvalue weighted by atomic mass is 9.98. The van der Waals surface area contributed by atoms with Gasteiger partial charge in [0.1, 0.15) is 0 Å². The van der Waals surface area contributed by atoms with Crippen molar-refractivity contribution in [3.63, 3.8) is 0 Å². The highest BCUT2D eigenvalue weighted by atomic mass is 35.5. The molecule has 1 aromatic heterocycles. The minimum Gasteiger partial charge on any atom is -0.327 e. The van der Waals surface area contributed by atoms with Crippen LogP contribution in [0.2, 0.25) is 0 Å². The molecule has 114 valence electrons. The van der Waals surface area contributed by atoms with Crippen LogP contribution in [0.4, 0.5) is 0 Å². The van der Waals surface area contributed by atoms with E-state index in [0.29, 0.717) is 34.8 Å². The normalized spacial score (nSPS) is 30.2. The summed E-state index contributed by atoms with van der Waals surface area (Å²) in [6, 6.07) is 0.162. The van der Waals surface area contributed by atoms with E-state index < -0.39 is 10.0 Å². The molecule has 5 nitrogen and oxygen atoms in total. The largest absolute Gasteiger partial charge is 0.327 e. The van der Waals surface area contributed by atoms with Crippen molar-refractivity contribution in [3.8, 4) is 0 Å². The van der Waals surface area contributed by atoms with Crippen LogP contribution in [0.25, 0.3) is 0 Å². The highest BCUT2D eigenvalue weighted by molar-refractivity contribution is 7.91. The van der Waals surface area contributed by atoms with Crippen molar-refractivity contribution in [2.75, 3.05) is 13.1 Å². The Morgan fingerprint density at radius 3 is 2.55 bits per heavy atom. The number of fused-ring (bicyclic) bond motifs is 1. The summed E-state index contributed by atoms with van der Waals surface area (Å²) in [6.07, 6.45) is 2.08. The molecular formula is C12H20ClN3O2S2. The molecule has 2 N–H and O–H groups in total. The molecule has 0 aromatic carbocycles. The van der Waals surface area contributed by atoms with E-state index in [0.717, 1.165) is 17.8 Å². The highest BCUT2D eigenvalue weighted by Crippen LogP contribution is 2.40. The highest BCUT2D eigenvalue weighted by Gasteiger charge is 2.45. The summed E-state index contributed by atoms with van der Waals surface area (Å²) in [5.41, 5.74) is 6.68. The van der Waals surface area contributed by atoms with E-state index >= 15 is 0 Å². The van der Waals surface area contributed by atoms with Crippen LogP contribution in [-0.2, 0) is 10.0 Å². The van der Waals surface area contributed by atoms with Crippen LogP contribution in [0.15, 0.2) is 4.21 Å². The summed E-state index contributed by atoms with van der Waals surface area (Å²) >= 11 is 1.27. The van der Waals surface area contributed by atoms with E-state index in [2.05, 4.69) is 4.98 Å². The third-order valence-electron chi connectivity index (χ3n) is 4.31. The number of nitrogens with zero attached hydrogens (tertiary/aromatic N) is 2. The summed E-state index contributed by atoms with van der Waals surface area (Å²) in [5, 5.41) is 0.798. The molecule has 3 atom stereocenters. The van der Waals surface area contributed by atoms with E-state index in [1.165, 1.54) is 11.3 Å². The number of aryl methyl sites for hydroxylation is 2. The smallest absolute Gasteiger partial charge is 0.254 e. The predicted octanol–water partition coefficient (Wildman–Crippen LogP) is 1.54. The van der Waals surface area contributed by atoms with E-state index in [-0.39, 0.29) is 18.4 Å². The molecule has 2 aliphatic rings. The van der Waals surface area contributed by atoms with Gasteiger partial charge in [0.2, 0.25) is 0 Å². The fraction of sp³-hybridized carbons (Fsp3) is 0.750. The van der Waals surface area contributed by atoms with E-state index in [9.17, 15) is 8.42 Å². The van der Waals surface area contributed by atoms with Gasteiger partial charge in [0.05, 0.1) is 10.7 Å². The zero-order valence-electron chi connectivity index (χ0n) is 11.6. The molecule has 1 aromatic rings. The van der Waals surface area contributed by atoms with Crippen molar-refractivity contribution in [3.05, 3.63) is 10.7 Å². The summed E-state index contributed by atoms with van der Waals surface area (Å²) in [4.78, 5) is 4.22. The minimum absolute atomic E-state index is 0. The molecular weight excluding hydrogens is 318 g/mol. The zero-order valence-corrected chi connectivity index (χ0v) is 14.0. The molecule has 2 fully saturated rings. The Bertz CT molecular complexity index is 602. The van der Waals surface area contributed by atoms with E-state index in [4.69, 9.17) is 5.73 Å². The first-order chi connectivity index (χ1) is 8.89. The fourth-order valence-corrected chi connectivity index (χ4v) is 6.49. The molecule has 1 aliphatic heterocycles. The SMILES string of the molecule is Cc1nc(C)c(S(=O)(=O)N2CC3CCC(N)C3C2)s1.Cl. The molecule has 3 unspecified atom stereocenters. The van der Waals surface area contributed by atoms with Gasteiger partial charge >= 0.3 is 0 Å². The second-order valence-electron chi connectivity index (χ2n) is 5.59. The van der Waals surface area contributed by atoms with Gasteiger partial charge in [-0.1, -0.05) is 0 Å². The monoisotopic (exact) mass is 337 g/mol. The summed E-state index contributed by atoms with van der Waals surface area (Å²) < 4.78 is 27.3. The number of nitrogens with two attached hydrogens (primary N) is 1. The Morgan fingerprint density at radius 2 is 2.00 bits per heavy atom. The molecule has 0 radical (unpaired) electrons. The van der Waals surface area contributed by atoms with Gasteiger partial charge in [-0.25, -0.2) is 13.4 Å². The first kappa shape index (κ1) is 16.2. The molecule has 8 heteroatoms. The van der Waals surface area contributed by atoms with Gasteiger partial charge in [0, 0.05) is 19.1 Å². The number of thiazole rings is 1. The van der Waals surface area contributed by atoms with Gasteiger partial charge in [-0.15, -0.1) is 23.7 Å². The molecule has 0 amide bonds. The molecule has 1 saturated heterocycles. The minimum atomic E-state index is -3.38. The maximum atomic E-state index is 12.7. The standard InChI is InChI=1S/C12H19N3O2S2.ClH/c1-7-12(18-8(2)14-7)19(16,17)15-5-9-3-4-11(13)10(9)6-15;/h9-11H,3-6,13H2,1-2H3;1H. The lowest BCUT2D eigenvalue weighted by Gasteiger charge is -2.17. The van der Waals surface area contributed by atoms with Crippen molar-refractivity contribution in [2.24, 2.45) is 17.6 Å². The summed E-state index contributed by atoms with van der Waals surface area (Å²) in [6.45, 7) is 4.80. The Balaban J connectivity index is 0.00000147. The third-order valence-corrected chi connectivity index (χ3v) is 7.81. The molecule has 20 heavy (non-hydrogen) atoms. The van der Waals surface area contributed by atoms with Crippen molar-refractivity contribution < 1.29 is 8.42 Å². The number of rotatable bonds is 2. The summed E-state index contributed by atoms with van der Waals surface area (Å²) in [7, 11) is -3.38. The van der Waals surface area contributed by atoms with Crippen molar-refractivity contribution in [2.45, 2.75) is 36.9 Å². The van der Waals surface area contributed by atoms with Crippen molar-refractivity contribution in [1.29, 1.82) is 0 Å². The Morgan fingerprint density at radius 1 is 1.30 bits per heavy atom. The van der Waals surface area contributed by atoms with Gasteiger partial charge in [-0.2, -0.15) is 4.31 Å². The summed E-state index contributed by atoms with van der Waals surface area (Å²) in [5.74, 6) is 0.781. The van der Waals surface area contributed by atoms with Crippen molar-refractivity contribution >= 4 is 33.8 Å². The van der Waals surface area contributed by atoms with E-state index in [1.54, 1.807) is 11.2 Å². The second kappa shape index (κ2) is 5.53. The van der Waals surface area contributed by atoms with Gasteiger partial charge in [0.25, 0.3) is 10.0 Å². The molecule has 0 spiro atoms. The lowest BCUT2D eigenvalue weighted by Crippen LogP contribution is -2.33. The molecule has 0 bridgehead atoms. The number of halogens is 1. The zero-order chi connectivity index (χ0) is 13.8. The van der Waals surface area contributed by atoms with Crippen LogP contribution < -0.4 is 5.73 Å². The molecule has 1 aliphatic carbocycles. The van der Waals surface area contributed by atoms with Crippen LogP contribution in [0.1, 0.15) is 23.5 Å². The van der Waals surface area contributed by atoms with Crippen LogP contribution >= 0.6 is 23.7 Å². The van der Waals surface area contributed by atoms with Crippen LogP contribution in [0.5, 0.6) is 0 Å². The average Bonchev–Trinajstić information content (AvgIpc) is 2.96. The Labute approximate surface area is 130 Å². The van der Waals surface area contributed by atoms with E-state index in [1.807, 2.05) is 6.92 Å². The fourth-order valence-electron chi connectivity index (χ4n) is 3.33. The lowest BCUT2D eigenvalue weighted by molar-refractivity contribution is 0.427. The first-order valence-corrected chi connectivity index (χ1v) is 8.85. The average molecular weight is 338 g/mol. The van der Waals surface area contributed by atoms with Gasteiger partial charge in [-0.05, 0) is 38.5 Å². The third kappa shape index (κ3) is 2.50. The quantitative estimate of drug-likeness (QED) is 0.888. The molecule has 3 rings (SSSR count). The van der Waals surface area contributed by atoms with Crippen LogP contribution in [0, 0.1) is 25.7 Å². The Kier molecular flexibility index (Phi) is 4.47. The molecule has 1 saturated carbocycles. The second-order valence-corrected chi connectivity index (χ2v) is 8.93. The number of sulfonamides is 1. The number of hydrogen-bond acceptors (Lipinski definition) is 5. The van der Waals surface area contributed by atoms with Gasteiger partial charge in [-0.3, -0.25) is 0 Å². The van der Waals surface area contributed by atoms with Crippen molar-refractivity contribution in [1.82, 2.24) is 9.29 Å².